The minimum absolute atomic E-state index is 0.850. The standard InChI is InChI=1S/C16H27N3S/c1-2-9-19(8-1)16-4-10-18(13-16)11-7-17-6-3-15-5-12-20-14-15/h5,12,14,16-17H,1-4,6-11,13H2. The number of nitrogens with zero attached hydrogens (tertiary/aromatic N) is 2. The summed E-state index contributed by atoms with van der Waals surface area (Å²) in [6.45, 7) is 8.75. The summed E-state index contributed by atoms with van der Waals surface area (Å²) in [7, 11) is 0. The summed E-state index contributed by atoms with van der Waals surface area (Å²) in [5.74, 6) is 0. The second kappa shape index (κ2) is 7.55. The molecule has 2 fully saturated rings. The molecule has 0 spiro atoms. The van der Waals surface area contributed by atoms with E-state index in [1.807, 2.05) is 0 Å². The Morgan fingerprint density at radius 3 is 2.90 bits per heavy atom. The third-order valence-corrected chi connectivity index (χ3v) is 5.41. The Labute approximate surface area is 127 Å². The highest BCUT2D eigenvalue weighted by molar-refractivity contribution is 7.07. The van der Waals surface area contributed by atoms with E-state index in [0.29, 0.717) is 0 Å². The molecule has 1 aromatic heterocycles. The first-order valence-corrected chi connectivity index (χ1v) is 9.04. The number of nitrogens with one attached hydrogen (secondary N) is 1. The van der Waals surface area contributed by atoms with Crippen molar-refractivity contribution in [2.75, 3.05) is 45.8 Å². The van der Waals surface area contributed by atoms with E-state index in [2.05, 4.69) is 31.9 Å². The van der Waals surface area contributed by atoms with Crippen molar-refractivity contribution in [1.29, 1.82) is 0 Å². The zero-order valence-corrected chi connectivity index (χ0v) is 13.2. The lowest BCUT2D eigenvalue weighted by Gasteiger charge is -2.23. The summed E-state index contributed by atoms with van der Waals surface area (Å²) >= 11 is 1.80. The summed E-state index contributed by atoms with van der Waals surface area (Å²) in [5, 5.41) is 8.00. The van der Waals surface area contributed by atoms with Gasteiger partial charge >= 0.3 is 0 Å². The molecular formula is C16H27N3S. The first-order valence-electron chi connectivity index (χ1n) is 8.10. The van der Waals surface area contributed by atoms with Gasteiger partial charge in [0.05, 0.1) is 0 Å². The molecule has 1 unspecified atom stereocenters. The smallest absolute Gasteiger partial charge is 0.0235 e. The summed E-state index contributed by atoms with van der Waals surface area (Å²) in [4.78, 5) is 5.35. The lowest BCUT2D eigenvalue weighted by atomic mass is 10.2. The minimum Gasteiger partial charge on any atom is -0.315 e. The average Bonchev–Trinajstić information content (AvgIpc) is 3.21. The highest BCUT2D eigenvalue weighted by Gasteiger charge is 2.28. The Bertz CT molecular complexity index is 373. The molecule has 1 N–H and O–H groups in total. The van der Waals surface area contributed by atoms with Crippen LogP contribution in [0.15, 0.2) is 16.8 Å². The molecule has 1 aromatic rings. The second-order valence-electron chi connectivity index (χ2n) is 6.12. The van der Waals surface area contributed by atoms with Gasteiger partial charge in [-0.05, 0) is 74.3 Å². The number of hydrogen-bond donors (Lipinski definition) is 1. The van der Waals surface area contributed by atoms with Crippen LogP contribution in [0.25, 0.3) is 0 Å². The van der Waals surface area contributed by atoms with Gasteiger partial charge in [0.1, 0.15) is 0 Å². The monoisotopic (exact) mass is 293 g/mol. The van der Waals surface area contributed by atoms with E-state index < -0.39 is 0 Å². The molecule has 3 heterocycles. The summed E-state index contributed by atoms with van der Waals surface area (Å²) in [6, 6.07) is 3.08. The van der Waals surface area contributed by atoms with E-state index in [-0.39, 0.29) is 0 Å². The molecular weight excluding hydrogens is 266 g/mol. The fraction of sp³-hybridized carbons (Fsp3) is 0.750. The Morgan fingerprint density at radius 1 is 1.20 bits per heavy atom. The molecule has 0 radical (unpaired) electrons. The molecule has 2 aliphatic rings. The molecule has 2 aliphatic heterocycles. The first-order chi connectivity index (χ1) is 9.92. The van der Waals surface area contributed by atoms with Crippen LogP contribution in [-0.2, 0) is 6.42 Å². The average molecular weight is 293 g/mol. The molecule has 0 saturated carbocycles. The van der Waals surface area contributed by atoms with Crippen LogP contribution < -0.4 is 5.32 Å². The van der Waals surface area contributed by atoms with Crippen LogP contribution in [0.3, 0.4) is 0 Å². The number of thiophene rings is 1. The van der Waals surface area contributed by atoms with Gasteiger partial charge in [-0.1, -0.05) is 0 Å². The number of rotatable bonds is 7. The van der Waals surface area contributed by atoms with E-state index >= 15 is 0 Å². The highest BCUT2D eigenvalue weighted by Crippen LogP contribution is 2.19. The molecule has 1 atom stereocenters. The molecule has 0 aromatic carbocycles. The fourth-order valence-corrected chi connectivity index (χ4v) is 4.15. The van der Waals surface area contributed by atoms with E-state index in [1.165, 1.54) is 64.0 Å². The van der Waals surface area contributed by atoms with Gasteiger partial charge in [-0.3, -0.25) is 4.90 Å². The number of likely N-dealkylation sites (tertiary alicyclic amines) is 2. The maximum atomic E-state index is 3.58. The summed E-state index contributed by atoms with van der Waals surface area (Å²) < 4.78 is 0. The third-order valence-electron chi connectivity index (χ3n) is 4.68. The first kappa shape index (κ1) is 14.5. The van der Waals surface area contributed by atoms with Crippen LogP contribution in [0.2, 0.25) is 0 Å². The van der Waals surface area contributed by atoms with E-state index in [9.17, 15) is 0 Å². The molecule has 20 heavy (non-hydrogen) atoms. The van der Waals surface area contributed by atoms with Crippen LogP contribution in [0.5, 0.6) is 0 Å². The van der Waals surface area contributed by atoms with E-state index in [0.717, 1.165) is 19.1 Å². The normalized spacial score (nSPS) is 24.7. The Balaban J connectivity index is 1.26. The zero-order valence-electron chi connectivity index (χ0n) is 12.4. The highest BCUT2D eigenvalue weighted by atomic mass is 32.1. The van der Waals surface area contributed by atoms with Gasteiger partial charge in [0.25, 0.3) is 0 Å². The summed E-state index contributed by atoms with van der Waals surface area (Å²) in [6.07, 6.45) is 5.39. The molecule has 0 aliphatic carbocycles. The van der Waals surface area contributed by atoms with Crippen LogP contribution in [0, 0.1) is 0 Å². The van der Waals surface area contributed by atoms with Crippen LogP contribution >= 0.6 is 11.3 Å². The quantitative estimate of drug-likeness (QED) is 0.776. The SMILES string of the molecule is c1cc(CCNCCN2CCC(N3CCCC3)C2)cs1. The van der Waals surface area contributed by atoms with Crippen molar-refractivity contribution in [3.63, 3.8) is 0 Å². The van der Waals surface area contributed by atoms with Crippen molar-refractivity contribution in [1.82, 2.24) is 15.1 Å². The van der Waals surface area contributed by atoms with E-state index in [4.69, 9.17) is 0 Å². The van der Waals surface area contributed by atoms with Crippen molar-refractivity contribution in [2.45, 2.75) is 31.7 Å². The van der Waals surface area contributed by atoms with Crippen molar-refractivity contribution in [3.8, 4) is 0 Å². The van der Waals surface area contributed by atoms with Gasteiger partial charge in [-0.15, -0.1) is 0 Å². The van der Waals surface area contributed by atoms with E-state index in [1.54, 1.807) is 11.3 Å². The molecule has 112 valence electrons. The molecule has 3 rings (SSSR count). The Morgan fingerprint density at radius 2 is 2.10 bits per heavy atom. The lowest BCUT2D eigenvalue weighted by Crippen LogP contribution is -2.37. The van der Waals surface area contributed by atoms with Crippen molar-refractivity contribution >= 4 is 11.3 Å². The fourth-order valence-electron chi connectivity index (χ4n) is 3.45. The Kier molecular flexibility index (Phi) is 5.48. The minimum atomic E-state index is 0.850. The van der Waals surface area contributed by atoms with Crippen LogP contribution in [0.1, 0.15) is 24.8 Å². The molecule has 2 saturated heterocycles. The lowest BCUT2D eigenvalue weighted by molar-refractivity contribution is 0.232. The van der Waals surface area contributed by atoms with Gasteiger partial charge in [0.2, 0.25) is 0 Å². The maximum Gasteiger partial charge on any atom is 0.0235 e. The molecule has 4 heteroatoms. The van der Waals surface area contributed by atoms with Crippen molar-refractivity contribution in [3.05, 3.63) is 22.4 Å². The van der Waals surface area contributed by atoms with Gasteiger partial charge in [0, 0.05) is 25.7 Å². The zero-order chi connectivity index (χ0) is 13.6. The van der Waals surface area contributed by atoms with Crippen LogP contribution in [0.4, 0.5) is 0 Å². The second-order valence-corrected chi connectivity index (χ2v) is 6.90. The predicted octanol–water partition coefficient (Wildman–Crippen LogP) is 2.05. The van der Waals surface area contributed by atoms with Crippen LogP contribution in [-0.4, -0.2) is 61.7 Å². The van der Waals surface area contributed by atoms with Gasteiger partial charge in [0.15, 0.2) is 0 Å². The van der Waals surface area contributed by atoms with Crippen molar-refractivity contribution in [2.24, 2.45) is 0 Å². The van der Waals surface area contributed by atoms with Gasteiger partial charge < -0.3 is 10.2 Å². The molecule has 3 nitrogen and oxygen atoms in total. The topological polar surface area (TPSA) is 18.5 Å². The van der Waals surface area contributed by atoms with Gasteiger partial charge in [-0.25, -0.2) is 0 Å². The summed E-state index contributed by atoms with van der Waals surface area (Å²) in [5.41, 5.74) is 1.47. The van der Waals surface area contributed by atoms with Gasteiger partial charge in [-0.2, -0.15) is 11.3 Å². The Hall–Kier alpha value is -0.420. The maximum absolute atomic E-state index is 3.58. The molecule has 0 amide bonds. The largest absolute Gasteiger partial charge is 0.315 e. The number of hydrogen-bond acceptors (Lipinski definition) is 4. The molecule has 0 bridgehead atoms. The van der Waals surface area contributed by atoms with Crippen molar-refractivity contribution < 1.29 is 0 Å². The third kappa shape index (κ3) is 4.04. The predicted molar refractivity (Wildman–Crippen MR) is 86.5 cm³/mol.